The van der Waals surface area contributed by atoms with Crippen LogP contribution in [-0.4, -0.2) is 28.6 Å². The van der Waals surface area contributed by atoms with Crippen molar-refractivity contribution in [3.8, 4) is 0 Å². The lowest BCUT2D eigenvalue weighted by Gasteiger charge is -2.15. The third-order valence-electron chi connectivity index (χ3n) is 3.20. The van der Waals surface area contributed by atoms with Gasteiger partial charge in [0.25, 0.3) is 0 Å². The van der Waals surface area contributed by atoms with Crippen LogP contribution in [-0.2, 0) is 9.59 Å². The zero-order chi connectivity index (χ0) is 18.6. The van der Waals surface area contributed by atoms with Crippen LogP contribution in [0.3, 0.4) is 0 Å². The van der Waals surface area contributed by atoms with Gasteiger partial charge in [0.15, 0.2) is 5.78 Å². The van der Waals surface area contributed by atoms with Crippen LogP contribution in [0.15, 0.2) is 29.8 Å². The molecule has 2 amide bonds. The summed E-state index contributed by atoms with van der Waals surface area (Å²) in [6.07, 6.45) is 2.15. The summed E-state index contributed by atoms with van der Waals surface area (Å²) in [5.41, 5.74) is 0.895. The first-order valence-corrected chi connectivity index (χ1v) is 8.74. The number of amides is 2. The first-order chi connectivity index (χ1) is 11.7. The highest BCUT2D eigenvalue weighted by Gasteiger charge is 2.38. The summed E-state index contributed by atoms with van der Waals surface area (Å²) in [5, 5.41) is 7.46. The molecule has 3 rings (SSSR count). The van der Waals surface area contributed by atoms with Crippen LogP contribution in [0.25, 0.3) is 0 Å². The number of Topliss-reactive ketones (excluding diaryl/α,β-unsaturated/α-hetero) is 1. The van der Waals surface area contributed by atoms with E-state index in [1.165, 1.54) is 17.5 Å². The molecule has 132 valence electrons. The van der Waals surface area contributed by atoms with E-state index in [2.05, 4.69) is 15.6 Å². The first kappa shape index (κ1) is 19.1. The number of rotatable bonds is 3. The van der Waals surface area contributed by atoms with Gasteiger partial charge < -0.3 is 10.6 Å². The van der Waals surface area contributed by atoms with Gasteiger partial charge in [-0.15, -0.1) is 11.3 Å². The summed E-state index contributed by atoms with van der Waals surface area (Å²) in [6, 6.07) is 5.08. The Morgan fingerprint density at radius 2 is 2.16 bits per heavy atom. The normalized spacial score (nSPS) is 15.5. The number of pyridine rings is 1. The molecule has 2 N–H and O–H groups in total. The molecule has 3 heterocycles. The predicted octanol–water partition coefficient (Wildman–Crippen LogP) is 3.25. The van der Waals surface area contributed by atoms with Gasteiger partial charge in [0.05, 0.1) is 21.3 Å². The smallest absolute Gasteiger partial charge is 0.241 e. The number of ketones is 1. The molecular weight excluding hydrogens is 362 g/mol. The third kappa shape index (κ3) is 4.87. The molecule has 2 aromatic heterocycles. The average Bonchev–Trinajstić information content (AvgIpc) is 3.12. The average molecular weight is 380 g/mol. The number of fused-ring (bicyclic) bond motifs is 1. The molecule has 0 saturated heterocycles. The standard InChI is InChI=1S/C12H7ClN2O2S.C5H11NO/c13-6-4-7-10(14-5-6)9(12(17)15-7)11(16)8-2-1-3-18-8;1-5(2,3)6-4-7/h1-5,9H,(H,15,17);4H,1-3H3,(H,6,7). The van der Waals surface area contributed by atoms with Gasteiger partial charge in [-0.25, -0.2) is 0 Å². The number of carbonyl (C=O) groups excluding carboxylic acids is 3. The fourth-order valence-electron chi connectivity index (χ4n) is 2.09. The summed E-state index contributed by atoms with van der Waals surface area (Å²) in [6.45, 7) is 5.80. The van der Waals surface area contributed by atoms with Crippen molar-refractivity contribution >= 4 is 46.7 Å². The Kier molecular flexibility index (Phi) is 5.92. The summed E-state index contributed by atoms with van der Waals surface area (Å²) >= 11 is 7.12. The summed E-state index contributed by atoms with van der Waals surface area (Å²) in [7, 11) is 0. The maximum absolute atomic E-state index is 12.2. The number of anilines is 1. The van der Waals surface area contributed by atoms with Crippen LogP contribution in [0.1, 0.15) is 42.1 Å². The van der Waals surface area contributed by atoms with Gasteiger partial charge in [0, 0.05) is 11.7 Å². The molecule has 0 aromatic carbocycles. The molecule has 0 bridgehead atoms. The summed E-state index contributed by atoms with van der Waals surface area (Å²) in [5.74, 6) is -1.44. The van der Waals surface area contributed by atoms with Crippen molar-refractivity contribution in [1.82, 2.24) is 10.3 Å². The Balaban J connectivity index is 0.000000277. The van der Waals surface area contributed by atoms with Gasteiger partial charge in [0.1, 0.15) is 5.92 Å². The van der Waals surface area contributed by atoms with E-state index in [1.54, 1.807) is 23.6 Å². The van der Waals surface area contributed by atoms with E-state index in [-0.39, 0.29) is 17.2 Å². The van der Waals surface area contributed by atoms with Gasteiger partial charge in [0.2, 0.25) is 12.3 Å². The molecule has 1 aliphatic rings. The van der Waals surface area contributed by atoms with Crippen molar-refractivity contribution < 1.29 is 14.4 Å². The van der Waals surface area contributed by atoms with E-state index in [0.717, 1.165) is 0 Å². The van der Waals surface area contributed by atoms with Crippen LogP contribution in [0, 0.1) is 0 Å². The highest BCUT2D eigenvalue weighted by Crippen LogP contribution is 2.35. The van der Waals surface area contributed by atoms with E-state index in [1.807, 2.05) is 20.8 Å². The van der Waals surface area contributed by atoms with Crippen LogP contribution >= 0.6 is 22.9 Å². The van der Waals surface area contributed by atoms with Crippen LogP contribution in [0.2, 0.25) is 5.02 Å². The van der Waals surface area contributed by atoms with Crippen LogP contribution in [0.5, 0.6) is 0 Å². The van der Waals surface area contributed by atoms with Crippen molar-refractivity contribution in [2.45, 2.75) is 32.2 Å². The zero-order valence-corrected chi connectivity index (χ0v) is 15.6. The molecule has 6 nitrogen and oxygen atoms in total. The van der Waals surface area contributed by atoms with Crippen molar-refractivity contribution in [2.24, 2.45) is 0 Å². The minimum absolute atomic E-state index is 0.0677. The Morgan fingerprint density at radius 1 is 1.44 bits per heavy atom. The molecule has 2 aromatic rings. The molecule has 8 heteroatoms. The minimum atomic E-state index is -0.865. The highest BCUT2D eigenvalue weighted by atomic mass is 35.5. The second-order valence-corrected chi connectivity index (χ2v) is 7.75. The molecular formula is C17H18ClN3O3S. The SMILES string of the molecule is CC(C)(C)NC=O.O=C1Nc2cc(Cl)cnc2C1C(=O)c1cccs1. The minimum Gasteiger partial charge on any atom is -0.354 e. The highest BCUT2D eigenvalue weighted by molar-refractivity contribution is 7.12. The number of thiophene rings is 1. The van der Waals surface area contributed by atoms with Crippen LogP contribution in [0.4, 0.5) is 5.69 Å². The second-order valence-electron chi connectivity index (χ2n) is 6.36. The quantitative estimate of drug-likeness (QED) is 0.486. The summed E-state index contributed by atoms with van der Waals surface area (Å²) < 4.78 is 0. The van der Waals surface area contributed by atoms with Crippen molar-refractivity contribution in [2.75, 3.05) is 5.32 Å². The lowest BCUT2D eigenvalue weighted by Crippen LogP contribution is -2.34. The van der Waals surface area contributed by atoms with E-state index in [4.69, 9.17) is 11.6 Å². The Bertz CT molecular complexity index is 785. The Morgan fingerprint density at radius 3 is 2.68 bits per heavy atom. The van der Waals surface area contributed by atoms with Crippen LogP contribution < -0.4 is 10.6 Å². The fraction of sp³-hybridized carbons (Fsp3) is 0.294. The van der Waals surface area contributed by atoms with E-state index in [9.17, 15) is 14.4 Å². The number of halogens is 1. The summed E-state index contributed by atoms with van der Waals surface area (Å²) in [4.78, 5) is 38.5. The molecule has 0 saturated carbocycles. The van der Waals surface area contributed by atoms with Gasteiger partial charge in [-0.2, -0.15) is 0 Å². The van der Waals surface area contributed by atoms with Crippen molar-refractivity contribution in [1.29, 1.82) is 0 Å². The molecule has 1 unspecified atom stereocenters. The molecule has 1 aliphatic heterocycles. The molecule has 0 fully saturated rings. The maximum Gasteiger partial charge on any atom is 0.241 e. The number of hydrogen-bond donors (Lipinski definition) is 2. The van der Waals surface area contributed by atoms with Crippen molar-refractivity contribution in [3.63, 3.8) is 0 Å². The molecule has 1 atom stereocenters. The fourth-order valence-corrected chi connectivity index (χ4v) is 2.94. The molecule has 0 spiro atoms. The predicted molar refractivity (Wildman–Crippen MR) is 98.2 cm³/mol. The van der Waals surface area contributed by atoms with E-state index in [0.29, 0.717) is 27.7 Å². The lowest BCUT2D eigenvalue weighted by molar-refractivity contribution is -0.116. The first-order valence-electron chi connectivity index (χ1n) is 7.48. The molecule has 0 aliphatic carbocycles. The topological polar surface area (TPSA) is 88.2 Å². The Labute approximate surface area is 154 Å². The monoisotopic (exact) mass is 379 g/mol. The number of hydrogen-bond acceptors (Lipinski definition) is 5. The largest absolute Gasteiger partial charge is 0.354 e. The number of nitrogens with one attached hydrogen (secondary N) is 2. The number of nitrogens with zero attached hydrogens (tertiary/aromatic N) is 1. The van der Waals surface area contributed by atoms with Gasteiger partial charge >= 0.3 is 0 Å². The number of aromatic nitrogens is 1. The number of carbonyl (C=O) groups is 3. The molecule has 0 radical (unpaired) electrons. The van der Waals surface area contributed by atoms with E-state index < -0.39 is 5.92 Å². The van der Waals surface area contributed by atoms with Crippen molar-refractivity contribution in [3.05, 3.63) is 45.4 Å². The van der Waals surface area contributed by atoms with E-state index >= 15 is 0 Å². The van der Waals surface area contributed by atoms with Gasteiger partial charge in [-0.05, 0) is 38.3 Å². The zero-order valence-electron chi connectivity index (χ0n) is 14.0. The molecule has 25 heavy (non-hydrogen) atoms. The van der Waals surface area contributed by atoms with Gasteiger partial charge in [-0.3, -0.25) is 19.4 Å². The maximum atomic E-state index is 12.2. The van der Waals surface area contributed by atoms with Gasteiger partial charge in [-0.1, -0.05) is 17.7 Å². The Hall–Kier alpha value is -2.25. The second kappa shape index (κ2) is 7.76. The third-order valence-corrected chi connectivity index (χ3v) is 4.29. The lowest BCUT2D eigenvalue weighted by atomic mass is 10.00.